The SMILES string of the molecule is CN1C(=O)NC(=O)C(=Cc2ccc(O)c(O)c2)C1=O. The molecule has 3 N–H and O–H groups in total. The van der Waals surface area contributed by atoms with E-state index in [1.807, 2.05) is 5.32 Å². The fraction of sp³-hybridized carbons (Fsp3) is 0.0833. The van der Waals surface area contributed by atoms with Crippen molar-refractivity contribution in [2.24, 2.45) is 0 Å². The number of phenolic OH excluding ortho intramolecular Hbond substituents is 2. The lowest BCUT2D eigenvalue weighted by Gasteiger charge is -2.22. The zero-order valence-electron chi connectivity index (χ0n) is 9.88. The van der Waals surface area contributed by atoms with Crippen LogP contribution in [0, 0.1) is 0 Å². The van der Waals surface area contributed by atoms with Crippen LogP contribution in [0.25, 0.3) is 6.08 Å². The van der Waals surface area contributed by atoms with Gasteiger partial charge in [-0.05, 0) is 23.8 Å². The third-order valence-corrected chi connectivity index (χ3v) is 2.62. The van der Waals surface area contributed by atoms with Gasteiger partial charge in [-0.25, -0.2) is 4.79 Å². The van der Waals surface area contributed by atoms with Crippen LogP contribution < -0.4 is 5.32 Å². The summed E-state index contributed by atoms with van der Waals surface area (Å²) in [5.41, 5.74) is 0.115. The molecule has 0 spiro atoms. The molecule has 7 heteroatoms. The van der Waals surface area contributed by atoms with Crippen LogP contribution in [0.4, 0.5) is 4.79 Å². The molecule has 19 heavy (non-hydrogen) atoms. The van der Waals surface area contributed by atoms with E-state index >= 15 is 0 Å². The van der Waals surface area contributed by atoms with Crippen LogP contribution in [-0.2, 0) is 9.59 Å². The van der Waals surface area contributed by atoms with Crippen molar-refractivity contribution in [1.29, 1.82) is 0 Å². The molecule has 0 aromatic heterocycles. The Morgan fingerprint density at radius 1 is 1.16 bits per heavy atom. The Hall–Kier alpha value is -2.83. The lowest BCUT2D eigenvalue weighted by molar-refractivity contribution is -0.129. The summed E-state index contributed by atoms with van der Waals surface area (Å²) in [4.78, 5) is 35.3. The molecule has 0 radical (unpaired) electrons. The molecule has 2 rings (SSSR count). The second-order valence-electron chi connectivity index (χ2n) is 3.93. The number of imide groups is 2. The van der Waals surface area contributed by atoms with Gasteiger partial charge in [-0.15, -0.1) is 0 Å². The number of phenols is 2. The van der Waals surface area contributed by atoms with Crippen molar-refractivity contribution in [2.75, 3.05) is 7.05 Å². The average molecular weight is 262 g/mol. The van der Waals surface area contributed by atoms with Gasteiger partial charge in [-0.3, -0.25) is 19.8 Å². The van der Waals surface area contributed by atoms with Crippen molar-refractivity contribution in [3.63, 3.8) is 0 Å². The van der Waals surface area contributed by atoms with Crippen LogP contribution in [0.1, 0.15) is 5.56 Å². The number of nitrogens with zero attached hydrogens (tertiary/aromatic N) is 1. The highest BCUT2D eigenvalue weighted by Crippen LogP contribution is 2.26. The highest BCUT2D eigenvalue weighted by molar-refractivity contribution is 6.30. The van der Waals surface area contributed by atoms with Crippen LogP contribution in [0.15, 0.2) is 23.8 Å². The van der Waals surface area contributed by atoms with E-state index in [1.165, 1.54) is 31.3 Å². The van der Waals surface area contributed by atoms with Crippen LogP contribution >= 0.6 is 0 Å². The summed E-state index contributed by atoms with van der Waals surface area (Å²) in [6.07, 6.45) is 1.22. The molecule has 1 aromatic rings. The number of likely N-dealkylation sites (N-methyl/N-ethyl adjacent to an activating group) is 1. The highest BCUT2D eigenvalue weighted by Gasteiger charge is 2.32. The minimum Gasteiger partial charge on any atom is -0.504 e. The van der Waals surface area contributed by atoms with Crippen LogP contribution in [0.3, 0.4) is 0 Å². The molecular formula is C12H10N2O5. The monoisotopic (exact) mass is 262 g/mol. The van der Waals surface area contributed by atoms with E-state index in [0.29, 0.717) is 5.56 Å². The van der Waals surface area contributed by atoms with E-state index < -0.39 is 17.8 Å². The van der Waals surface area contributed by atoms with Gasteiger partial charge in [0.25, 0.3) is 11.8 Å². The van der Waals surface area contributed by atoms with E-state index in [1.54, 1.807) is 0 Å². The summed E-state index contributed by atoms with van der Waals surface area (Å²) in [6.45, 7) is 0. The quantitative estimate of drug-likeness (QED) is 0.380. The van der Waals surface area contributed by atoms with E-state index in [9.17, 15) is 19.5 Å². The Bertz CT molecular complexity index is 621. The summed E-state index contributed by atoms with van der Waals surface area (Å²) in [5.74, 6) is -2.22. The van der Waals surface area contributed by atoms with Gasteiger partial charge in [0, 0.05) is 7.05 Å². The maximum absolute atomic E-state index is 11.8. The molecule has 0 aliphatic carbocycles. The summed E-state index contributed by atoms with van der Waals surface area (Å²) < 4.78 is 0. The highest BCUT2D eigenvalue weighted by atomic mass is 16.3. The normalized spacial score (nSPS) is 17.8. The zero-order valence-corrected chi connectivity index (χ0v) is 9.88. The lowest BCUT2D eigenvalue weighted by Crippen LogP contribution is -2.52. The van der Waals surface area contributed by atoms with E-state index in [2.05, 4.69) is 0 Å². The molecule has 1 fully saturated rings. The predicted molar refractivity (Wildman–Crippen MR) is 64.1 cm³/mol. The predicted octanol–water partition coefficient (Wildman–Crippen LogP) is 0.189. The van der Waals surface area contributed by atoms with Crippen molar-refractivity contribution >= 4 is 23.9 Å². The fourth-order valence-electron chi connectivity index (χ4n) is 1.54. The third-order valence-electron chi connectivity index (χ3n) is 2.62. The number of carbonyl (C=O) groups is 3. The number of barbiturate groups is 1. The Labute approximate surface area is 107 Å². The number of hydrogen-bond donors (Lipinski definition) is 3. The minimum absolute atomic E-state index is 0.229. The van der Waals surface area contributed by atoms with Gasteiger partial charge >= 0.3 is 6.03 Å². The molecule has 1 aromatic carbocycles. The number of amides is 4. The summed E-state index contributed by atoms with van der Waals surface area (Å²) in [7, 11) is 1.24. The first-order chi connectivity index (χ1) is 8.90. The van der Waals surface area contributed by atoms with Gasteiger partial charge in [0.15, 0.2) is 11.5 Å². The standard InChI is InChI=1S/C12H10N2O5/c1-14-11(18)7(10(17)13-12(14)19)4-6-2-3-8(15)9(16)5-6/h2-5,15-16H,1H3,(H,13,17,19). The number of aromatic hydroxyl groups is 2. The number of urea groups is 1. The van der Waals surface area contributed by atoms with Crippen LogP contribution in [-0.4, -0.2) is 40.0 Å². The Balaban J connectivity index is 2.41. The third kappa shape index (κ3) is 2.25. The molecule has 0 saturated carbocycles. The summed E-state index contributed by atoms with van der Waals surface area (Å²) in [6, 6.07) is 3.04. The number of benzene rings is 1. The van der Waals surface area contributed by atoms with Crippen LogP contribution in [0.5, 0.6) is 11.5 Å². The molecule has 1 heterocycles. The zero-order chi connectivity index (χ0) is 14.2. The smallest absolute Gasteiger partial charge is 0.331 e. The summed E-state index contributed by atoms with van der Waals surface area (Å²) >= 11 is 0. The second-order valence-corrected chi connectivity index (χ2v) is 3.93. The van der Waals surface area contributed by atoms with Crippen LogP contribution in [0.2, 0.25) is 0 Å². The summed E-state index contributed by atoms with van der Waals surface area (Å²) in [5, 5.41) is 20.5. The molecule has 1 aliphatic heterocycles. The minimum atomic E-state index is -0.805. The van der Waals surface area contributed by atoms with E-state index in [0.717, 1.165) is 4.90 Å². The van der Waals surface area contributed by atoms with Crippen molar-refractivity contribution in [2.45, 2.75) is 0 Å². The molecule has 98 valence electrons. The topological polar surface area (TPSA) is 107 Å². The largest absolute Gasteiger partial charge is 0.504 e. The van der Waals surface area contributed by atoms with Gasteiger partial charge in [-0.1, -0.05) is 6.07 Å². The molecule has 4 amide bonds. The van der Waals surface area contributed by atoms with E-state index in [4.69, 9.17) is 5.11 Å². The first kappa shape index (κ1) is 12.6. The van der Waals surface area contributed by atoms with E-state index in [-0.39, 0.29) is 17.1 Å². The number of hydrogen-bond acceptors (Lipinski definition) is 5. The fourth-order valence-corrected chi connectivity index (χ4v) is 1.54. The maximum atomic E-state index is 11.8. The Kier molecular flexibility index (Phi) is 2.95. The van der Waals surface area contributed by atoms with Gasteiger partial charge < -0.3 is 10.2 Å². The van der Waals surface area contributed by atoms with Crippen molar-refractivity contribution in [3.05, 3.63) is 29.3 Å². The molecule has 7 nitrogen and oxygen atoms in total. The first-order valence-corrected chi connectivity index (χ1v) is 5.27. The van der Waals surface area contributed by atoms with Crippen molar-refractivity contribution in [3.8, 4) is 11.5 Å². The molecule has 0 atom stereocenters. The number of rotatable bonds is 1. The number of carbonyl (C=O) groups excluding carboxylic acids is 3. The van der Waals surface area contributed by atoms with Crippen molar-refractivity contribution in [1.82, 2.24) is 10.2 Å². The molecule has 0 bridgehead atoms. The molecule has 0 unspecified atom stereocenters. The lowest BCUT2D eigenvalue weighted by atomic mass is 10.1. The molecular weight excluding hydrogens is 252 g/mol. The first-order valence-electron chi connectivity index (χ1n) is 5.27. The van der Waals surface area contributed by atoms with Crippen molar-refractivity contribution < 1.29 is 24.6 Å². The maximum Gasteiger partial charge on any atom is 0.331 e. The van der Waals surface area contributed by atoms with Gasteiger partial charge in [0.2, 0.25) is 0 Å². The Morgan fingerprint density at radius 2 is 1.84 bits per heavy atom. The molecule has 1 saturated heterocycles. The van der Waals surface area contributed by atoms with Gasteiger partial charge in [-0.2, -0.15) is 0 Å². The van der Waals surface area contributed by atoms with Gasteiger partial charge in [0.05, 0.1) is 0 Å². The van der Waals surface area contributed by atoms with Gasteiger partial charge in [0.1, 0.15) is 5.57 Å². The molecule has 1 aliphatic rings. The number of nitrogens with one attached hydrogen (secondary N) is 1. The average Bonchev–Trinajstić information content (AvgIpc) is 2.36. The second kappa shape index (κ2) is 4.45. The Morgan fingerprint density at radius 3 is 2.47 bits per heavy atom.